The molecule has 4 rings (SSSR count). The van der Waals surface area contributed by atoms with Crippen molar-refractivity contribution >= 4 is 0 Å². The van der Waals surface area contributed by atoms with E-state index in [1.807, 2.05) is 30.3 Å². The summed E-state index contributed by atoms with van der Waals surface area (Å²) in [6.45, 7) is 2.64. The number of likely N-dealkylation sites (tertiary alicyclic amines) is 1. The Morgan fingerprint density at radius 1 is 1.03 bits per heavy atom. The van der Waals surface area contributed by atoms with Gasteiger partial charge in [0.15, 0.2) is 0 Å². The maximum atomic E-state index is 13.3. The molecule has 0 aliphatic carbocycles. The summed E-state index contributed by atoms with van der Waals surface area (Å²) in [5.74, 6) is 0.646. The van der Waals surface area contributed by atoms with Crippen LogP contribution in [0.4, 0.5) is 26.3 Å². The molecule has 0 spiro atoms. The normalized spacial score (nSPS) is 20.7. The number of nitrogens with zero attached hydrogens (tertiary/aromatic N) is 3. The molecule has 5 nitrogen and oxygen atoms in total. The molecule has 1 aliphatic rings. The zero-order valence-electron chi connectivity index (χ0n) is 18.8. The summed E-state index contributed by atoms with van der Waals surface area (Å²) in [4.78, 5) is 6.30. The molecule has 1 aromatic heterocycles. The van der Waals surface area contributed by atoms with Gasteiger partial charge in [0.2, 0.25) is 0 Å². The molecule has 0 saturated carbocycles. The van der Waals surface area contributed by atoms with Gasteiger partial charge in [0.25, 0.3) is 0 Å². The van der Waals surface area contributed by atoms with Crippen LogP contribution in [-0.4, -0.2) is 32.7 Å². The van der Waals surface area contributed by atoms with E-state index in [9.17, 15) is 26.3 Å². The predicted octanol–water partition coefficient (Wildman–Crippen LogP) is 6.33. The van der Waals surface area contributed by atoms with Gasteiger partial charge < -0.3 is 4.74 Å². The minimum Gasteiger partial charge on any atom is -0.369 e. The molecule has 188 valence electrons. The lowest BCUT2D eigenvalue weighted by Gasteiger charge is -2.42. The number of aromatic nitrogens is 3. The molecule has 2 heterocycles. The summed E-state index contributed by atoms with van der Waals surface area (Å²) in [7, 11) is 0. The second-order valence-electron chi connectivity index (χ2n) is 8.56. The third-order valence-corrected chi connectivity index (χ3v) is 6.10. The van der Waals surface area contributed by atoms with Crippen molar-refractivity contribution in [3.8, 4) is 0 Å². The molecule has 0 amide bonds. The van der Waals surface area contributed by atoms with Crippen LogP contribution in [0.3, 0.4) is 0 Å². The van der Waals surface area contributed by atoms with Crippen LogP contribution in [0, 0.1) is 0 Å². The maximum absolute atomic E-state index is 13.3. The van der Waals surface area contributed by atoms with E-state index in [1.54, 1.807) is 0 Å². The molecule has 3 atom stereocenters. The van der Waals surface area contributed by atoms with Crippen molar-refractivity contribution in [1.82, 2.24) is 20.1 Å². The van der Waals surface area contributed by atoms with E-state index in [1.165, 1.54) is 13.3 Å². The average molecular weight is 498 g/mol. The van der Waals surface area contributed by atoms with Gasteiger partial charge in [-0.25, -0.2) is 4.98 Å². The standard InChI is InChI=1S/C24H24F6N4O/c1-15(17-10-18(23(25,26)27)12-19(11-17)24(28,29)30)35-20-8-5-9-34(13-21-31-14-32-33-21)22(20)16-6-3-2-4-7-16/h2-4,6-7,10-12,14-15,20,22H,5,8-9,13H2,1H3,(H,31,32,33)/t15-,20+,22+/m1/s1. The Morgan fingerprint density at radius 3 is 2.26 bits per heavy atom. The van der Waals surface area contributed by atoms with Gasteiger partial charge in [0.05, 0.1) is 35.9 Å². The van der Waals surface area contributed by atoms with Crippen molar-refractivity contribution in [2.45, 2.75) is 56.9 Å². The number of benzene rings is 2. The number of ether oxygens (including phenoxy) is 1. The fourth-order valence-electron chi connectivity index (χ4n) is 4.48. The Bertz CT molecular complexity index is 1070. The highest BCUT2D eigenvalue weighted by molar-refractivity contribution is 5.35. The zero-order chi connectivity index (χ0) is 25.2. The fraction of sp³-hybridized carbons (Fsp3) is 0.417. The molecule has 3 aromatic rings. The number of aromatic amines is 1. The quantitative estimate of drug-likeness (QED) is 0.404. The number of halogens is 6. The van der Waals surface area contributed by atoms with Crippen LogP contribution in [0.2, 0.25) is 0 Å². The van der Waals surface area contributed by atoms with E-state index in [2.05, 4.69) is 20.1 Å². The molecule has 1 fully saturated rings. The molecule has 1 saturated heterocycles. The van der Waals surface area contributed by atoms with Crippen molar-refractivity contribution in [3.05, 3.63) is 82.9 Å². The third kappa shape index (κ3) is 6.02. The van der Waals surface area contributed by atoms with E-state index in [0.29, 0.717) is 18.8 Å². The highest BCUT2D eigenvalue weighted by Crippen LogP contribution is 2.40. The Kier molecular flexibility index (Phi) is 7.18. The van der Waals surface area contributed by atoms with Gasteiger partial charge >= 0.3 is 12.4 Å². The minimum absolute atomic E-state index is 0.128. The monoisotopic (exact) mass is 498 g/mol. The summed E-state index contributed by atoms with van der Waals surface area (Å²) < 4.78 is 86.3. The lowest BCUT2D eigenvalue weighted by molar-refractivity contribution is -0.143. The number of H-pyrrole nitrogens is 1. The van der Waals surface area contributed by atoms with Crippen LogP contribution in [-0.2, 0) is 23.6 Å². The largest absolute Gasteiger partial charge is 0.416 e. The van der Waals surface area contributed by atoms with Gasteiger partial charge in [0, 0.05) is 0 Å². The third-order valence-electron chi connectivity index (χ3n) is 6.10. The van der Waals surface area contributed by atoms with Gasteiger partial charge in [-0.3, -0.25) is 10.00 Å². The number of hydrogen-bond acceptors (Lipinski definition) is 4. The van der Waals surface area contributed by atoms with Crippen LogP contribution in [0.25, 0.3) is 0 Å². The number of piperidine rings is 1. The summed E-state index contributed by atoms with van der Waals surface area (Å²) in [6, 6.07) is 10.8. The molecular weight excluding hydrogens is 474 g/mol. The summed E-state index contributed by atoms with van der Waals surface area (Å²) in [6.07, 6.45) is -8.55. The first-order chi connectivity index (χ1) is 16.5. The molecular formula is C24H24F6N4O. The number of hydrogen-bond donors (Lipinski definition) is 1. The second-order valence-corrected chi connectivity index (χ2v) is 8.56. The Morgan fingerprint density at radius 2 is 1.69 bits per heavy atom. The molecule has 0 bridgehead atoms. The summed E-state index contributed by atoms with van der Waals surface area (Å²) in [5.41, 5.74) is -1.95. The fourth-order valence-corrected chi connectivity index (χ4v) is 4.48. The first-order valence-electron chi connectivity index (χ1n) is 11.1. The highest BCUT2D eigenvalue weighted by Gasteiger charge is 2.39. The molecule has 1 N–H and O–H groups in total. The van der Waals surface area contributed by atoms with Crippen LogP contribution in [0.5, 0.6) is 0 Å². The number of rotatable bonds is 6. The van der Waals surface area contributed by atoms with Crippen LogP contribution < -0.4 is 0 Å². The molecule has 0 unspecified atom stereocenters. The van der Waals surface area contributed by atoms with Gasteiger partial charge in [-0.2, -0.15) is 31.4 Å². The second kappa shape index (κ2) is 9.98. The summed E-state index contributed by atoms with van der Waals surface area (Å²) in [5, 5.41) is 6.69. The van der Waals surface area contributed by atoms with Crippen molar-refractivity contribution < 1.29 is 31.1 Å². The smallest absolute Gasteiger partial charge is 0.369 e. The SMILES string of the molecule is C[C@@H](O[C@H]1CCCN(Cc2ncn[nH]2)[C@H]1c1ccccc1)c1cc(C(F)(F)F)cc(C(F)(F)F)c1. The molecule has 11 heteroatoms. The van der Waals surface area contributed by atoms with Crippen LogP contribution in [0.15, 0.2) is 54.9 Å². The lowest BCUT2D eigenvalue weighted by atomic mass is 9.91. The van der Waals surface area contributed by atoms with E-state index in [-0.39, 0.29) is 17.7 Å². The van der Waals surface area contributed by atoms with Crippen molar-refractivity contribution in [2.24, 2.45) is 0 Å². The van der Waals surface area contributed by atoms with Gasteiger partial charge in [-0.1, -0.05) is 30.3 Å². The topological polar surface area (TPSA) is 54.0 Å². The zero-order valence-corrected chi connectivity index (χ0v) is 18.8. The minimum atomic E-state index is -4.92. The predicted molar refractivity (Wildman–Crippen MR) is 115 cm³/mol. The molecule has 35 heavy (non-hydrogen) atoms. The van der Waals surface area contributed by atoms with Gasteiger partial charge in [0.1, 0.15) is 12.2 Å². The first kappa shape index (κ1) is 25.2. The van der Waals surface area contributed by atoms with Crippen molar-refractivity contribution in [1.29, 1.82) is 0 Å². The van der Waals surface area contributed by atoms with E-state index >= 15 is 0 Å². The Labute approximate surface area is 198 Å². The highest BCUT2D eigenvalue weighted by atomic mass is 19.4. The first-order valence-corrected chi connectivity index (χ1v) is 11.1. The molecule has 0 radical (unpaired) electrons. The van der Waals surface area contributed by atoms with Crippen molar-refractivity contribution in [3.63, 3.8) is 0 Å². The van der Waals surface area contributed by atoms with E-state index < -0.39 is 35.7 Å². The maximum Gasteiger partial charge on any atom is 0.416 e. The molecule has 2 aromatic carbocycles. The van der Waals surface area contributed by atoms with Crippen LogP contribution >= 0.6 is 0 Å². The van der Waals surface area contributed by atoms with Crippen LogP contribution in [0.1, 0.15) is 60.0 Å². The number of nitrogens with one attached hydrogen (secondary N) is 1. The average Bonchev–Trinajstić information content (AvgIpc) is 3.31. The van der Waals surface area contributed by atoms with Crippen molar-refractivity contribution in [2.75, 3.05) is 6.54 Å². The Balaban J connectivity index is 1.64. The van der Waals surface area contributed by atoms with Gasteiger partial charge in [-0.15, -0.1) is 0 Å². The van der Waals surface area contributed by atoms with Gasteiger partial charge in [-0.05, 0) is 55.6 Å². The van der Waals surface area contributed by atoms with E-state index in [0.717, 1.165) is 30.7 Å². The number of alkyl halides is 6. The Hall–Kier alpha value is -2.92. The summed E-state index contributed by atoms with van der Waals surface area (Å²) >= 11 is 0. The van der Waals surface area contributed by atoms with E-state index in [4.69, 9.17) is 4.74 Å². The molecule has 1 aliphatic heterocycles. The lowest BCUT2D eigenvalue weighted by Crippen LogP contribution is -2.43.